The minimum atomic E-state index is -0.103. The largest absolute Gasteiger partial charge is 0.451 e. The van der Waals surface area contributed by atoms with Gasteiger partial charge in [-0.05, 0) is 39.9 Å². The van der Waals surface area contributed by atoms with Crippen LogP contribution in [0.4, 0.5) is 0 Å². The average Bonchev–Trinajstić information content (AvgIpc) is 2.76. The molecule has 0 saturated heterocycles. The molecule has 0 unspecified atom stereocenters. The Labute approximate surface area is 144 Å². The number of rotatable bonds is 4. The van der Waals surface area contributed by atoms with Gasteiger partial charge in [0, 0.05) is 23.0 Å². The number of fused-ring (bicyclic) bond motifs is 1. The van der Waals surface area contributed by atoms with E-state index in [1.54, 1.807) is 0 Å². The Balaban J connectivity index is 1.76. The Bertz CT molecular complexity index is 709. The molecule has 3 rings (SSSR count). The third kappa shape index (κ3) is 3.20. The van der Waals surface area contributed by atoms with Gasteiger partial charge in [0.1, 0.15) is 5.58 Å². The van der Waals surface area contributed by atoms with Crippen LogP contribution >= 0.6 is 0 Å². The Kier molecular flexibility index (Phi) is 4.95. The van der Waals surface area contributed by atoms with Crippen LogP contribution in [0.25, 0.3) is 11.0 Å². The van der Waals surface area contributed by atoms with Crippen LogP contribution in [-0.4, -0.2) is 37.0 Å². The predicted octanol–water partition coefficient (Wildman–Crippen LogP) is 4.13. The Hall–Kier alpha value is -1.81. The number of hydrogen-bond acceptors (Lipinski definition) is 3. The van der Waals surface area contributed by atoms with Gasteiger partial charge in [-0.15, -0.1) is 0 Å². The van der Waals surface area contributed by atoms with Crippen molar-refractivity contribution in [1.82, 2.24) is 10.2 Å². The number of hydrogen-bond donors (Lipinski definition) is 1. The van der Waals surface area contributed by atoms with Gasteiger partial charge in [-0.2, -0.15) is 0 Å². The van der Waals surface area contributed by atoms with Gasteiger partial charge >= 0.3 is 0 Å². The molecule has 1 fully saturated rings. The van der Waals surface area contributed by atoms with E-state index in [0.29, 0.717) is 12.3 Å². The number of aryl methyl sites for hydroxylation is 1. The molecule has 24 heavy (non-hydrogen) atoms. The summed E-state index contributed by atoms with van der Waals surface area (Å²) in [5.41, 5.74) is 1.76. The van der Waals surface area contributed by atoms with Crippen LogP contribution in [0.2, 0.25) is 0 Å². The summed E-state index contributed by atoms with van der Waals surface area (Å²) in [6.07, 6.45) is 7.34. The van der Waals surface area contributed by atoms with Gasteiger partial charge in [-0.25, -0.2) is 0 Å². The van der Waals surface area contributed by atoms with Crippen LogP contribution < -0.4 is 5.32 Å². The van der Waals surface area contributed by atoms with Gasteiger partial charge in [0.15, 0.2) is 5.76 Å². The van der Waals surface area contributed by atoms with Crippen LogP contribution in [0.5, 0.6) is 0 Å². The maximum atomic E-state index is 12.7. The van der Waals surface area contributed by atoms with Gasteiger partial charge < -0.3 is 14.6 Å². The second-order valence-electron chi connectivity index (χ2n) is 7.27. The summed E-state index contributed by atoms with van der Waals surface area (Å²) in [7, 11) is 4.26. The smallest absolute Gasteiger partial charge is 0.287 e. The summed E-state index contributed by atoms with van der Waals surface area (Å²) < 4.78 is 5.79. The summed E-state index contributed by atoms with van der Waals surface area (Å²) in [4.78, 5) is 15.0. The summed E-state index contributed by atoms with van der Waals surface area (Å²) in [5, 5.41) is 4.16. The van der Waals surface area contributed by atoms with Crippen LogP contribution in [0.1, 0.15) is 54.6 Å². The van der Waals surface area contributed by atoms with Gasteiger partial charge in [0.05, 0.1) is 0 Å². The maximum absolute atomic E-state index is 12.7. The first kappa shape index (κ1) is 17.0. The minimum Gasteiger partial charge on any atom is -0.451 e. The summed E-state index contributed by atoms with van der Waals surface area (Å²) >= 11 is 0. The molecule has 1 N–H and O–H groups in total. The fourth-order valence-electron chi connectivity index (χ4n) is 3.88. The zero-order chi connectivity index (χ0) is 17.2. The first-order valence-corrected chi connectivity index (χ1v) is 8.97. The van der Waals surface area contributed by atoms with Crippen molar-refractivity contribution in [1.29, 1.82) is 0 Å². The molecule has 0 bridgehead atoms. The van der Waals surface area contributed by atoms with Gasteiger partial charge in [0.2, 0.25) is 0 Å². The van der Waals surface area contributed by atoms with E-state index < -0.39 is 0 Å². The number of nitrogens with zero attached hydrogens (tertiary/aromatic N) is 1. The van der Waals surface area contributed by atoms with Gasteiger partial charge in [0.25, 0.3) is 5.91 Å². The first-order valence-electron chi connectivity index (χ1n) is 8.97. The zero-order valence-electron chi connectivity index (χ0n) is 15.0. The number of amides is 1. The van der Waals surface area contributed by atoms with Gasteiger partial charge in [-0.1, -0.05) is 43.9 Å². The van der Waals surface area contributed by atoms with E-state index in [1.165, 1.54) is 25.7 Å². The van der Waals surface area contributed by atoms with Crippen LogP contribution in [-0.2, 0) is 0 Å². The average molecular weight is 328 g/mol. The lowest BCUT2D eigenvalue weighted by Gasteiger charge is -2.39. The molecular weight excluding hydrogens is 300 g/mol. The van der Waals surface area contributed by atoms with Crippen LogP contribution in [0, 0.1) is 6.92 Å². The molecule has 130 valence electrons. The standard InChI is InChI=1S/C20H28N2O2/c1-15-16-10-6-7-11-17(16)24-18(15)19(23)21-14-20(22(2)3)12-8-4-5-9-13-20/h6-7,10-11H,4-5,8-9,12-14H2,1-3H3,(H,21,23). The molecule has 0 aliphatic heterocycles. The molecule has 1 aliphatic carbocycles. The molecule has 0 spiro atoms. The molecule has 4 nitrogen and oxygen atoms in total. The topological polar surface area (TPSA) is 45.5 Å². The highest BCUT2D eigenvalue weighted by Crippen LogP contribution is 2.31. The number of benzene rings is 1. The maximum Gasteiger partial charge on any atom is 0.287 e. The van der Waals surface area contributed by atoms with Crippen molar-refractivity contribution in [3.8, 4) is 0 Å². The highest BCUT2D eigenvalue weighted by molar-refractivity contribution is 5.98. The number of furan rings is 1. The van der Waals surface area contributed by atoms with E-state index in [4.69, 9.17) is 4.42 Å². The Morgan fingerprint density at radius 3 is 2.46 bits per heavy atom. The SMILES string of the molecule is Cc1c(C(=O)NCC2(N(C)C)CCCCCC2)oc2ccccc12. The fraction of sp³-hybridized carbons (Fsp3) is 0.550. The number of carbonyl (C=O) groups excluding carboxylic acids is 1. The van der Waals surface area contributed by atoms with E-state index in [0.717, 1.165) is 29.4 Å². The molecule has 4 heteroatoms. The van der Waals surface area contributed by atoms with Crippen molar-refractivity contribution in [2.24, 2.45) is 0 Å². The first-order chi connectivity index (χ1) is 11.5. The van der Waals surface area contributed by atoms with E-state index >= 15 is 0 Å². The highest BCUT2D eigenvalue weighted by atomic mass is 16.3. The van der Waals surface area contributed by atoms with Crippen LogP contribution in [0.3, 0.4) is 0 Å². The highest BCUT2D eigenvalue weighted by Gasteiger charge is 2.34. The number of para-hydroxylation sites is 1. The number of nitrogens with one attached hydrogen (secondary N) is 1. The fourth-order valence-corrected chi connectivity index (χ4v) is 3.88. The third-order valence-corrected chi connectivity index (χ3v) is 5.61. The lowest BCUT2D eigenvalue weighted by molar-refractivity contribution is 0.0845. The summed E-state index contributed by atoms with van der Waals surface area (Å²) in [5.74, 6) is 0.341. The third-order valence-electron chi connectivity index (χ3n) is 5.61. The van der Waals surface area contributed by atoms with Gasteiger partial charge in [-0.3, -0.25) is 4.79 Å². The summed E-state index contributed by atoms with van der Waals surface area (Å²) in [6, 6.07) is 7.81. The molecule has 2 aromatic rings. The van der Waals surface area contributed by atoms with Crippen molar-refractivity contribution in [2.75, 3.05) is 20.6 Å². The molecule has 0 atom stereocenters. The summed E-state index contributed by atoms with van der Waals surface area (Å²) in [6.45, 7) is 2.63. The van der Waals surface area contributed by atoms with Crippen molar-refractivity contribution in [2.45, 2.75) is 51.0 Å². The molecule has 1 saturated carbocycles. The molecule has 1 aromatic carbocycles. The van der Waals surface area contributed by atoms with E-state index in [-0.39, 0.29) is 11.4 Å². The monoisotopic (exact) mass is 328 g/mol. The number of likely N-dealkylation sites (N-methyl/N-ethyl adjacent to an activating group) is 1. The number of carbonyl (C=O) groups is 1. The lowest BCUT2D eigenvalue weighted by atomic mass is 9.88. The van der Waals surface area contributed by atoms with Crippen molar-refractivity contribution in [3.63, 3.8) is 0 Å². The lowest BCUT2D eigenvalue weighted by Crippen LogP contribution is -2.52. The molecule has 1 aliphatic rings. The second kappa shape index (κ2) is 6.98. The van der Waals surface area contributed by atoms with Crippen molar-refractivity contribution < 1.29 is 9.21 Å². The molecule has 0 radical (unpaired) electrons. The van der Waals surface area contributed by atoms with E-state index in [1.807, 2.05) is 31.2 Å². The normalized spacial score (nSPS) is 17.8. The molecule has 1 amide bonds. The Morgan fingerprint density at radius 2 is 1.83 bits per heavy atom. The minimum absolute atomic E-state index is 0.0616. The quantitative estimate of drug-likeness (QED) is 0.859. The zero-order valence-corrected chi connectivity index (χ0v) is 15.0. The van der Waals surface area contributed by atoms with E-state index in [9.17, 15) is 4.79 Å². The molecule has 1 heterocycles. The molecule has 1 aromatic heterocycles. The van der Waals surface area contributed by atoms with Crippen molar-refractivity contribution in [3.05, 3.63) is 35.6 Å². The predicted molar refractivity (Wildman–Crippen MR) is 97.4 cm³/mol. The second-order valence-corrected chi connectivity index (χ2v) is 7.27. The Morgan fingerprint density at radius 1 is 1.17 bits per heavy atom. The van der Waals surface area contributed by atoms with Crippen LogP contribution in [0.15, 0.2) is 28.7 Å². The molecular formula is C20H28N2O2. The van der Waals surface area contributed by atoms with Crippen molar-refractivity contribution >= 4 is 16.9 Å². The van der Waals surface area contributed by atoms with E-state index in [2.05, 4.69) is 24.3 Å².